The molecule has 1 aliphatic heterocycles. The van der Waals surface area contributed by atoms with Crippen LogP contribution in [-0.2, 0) is 4.74 Å². The summed E-state index contributed by atoms with van der Waals surface area (Å²) in [5.41, 5.74) is 2.62. The van der Waals surface area contributed by atoms with Crippen molar-refractivity contribution in [3.63, 3.8) is 0 Å². The number of nitrogens with zero attached hydrogens (tertiary/aromatic N) is 2. The predicted molar refractivity (Wildman–Crippen MR) is 91.4 cm³/mol. The number of aryl methyl sites for hydroxylation is 1. The molecule has 1 saturated heterocycles. The monoisotopic (exact) mass is 308 g/mol. The molecule has 0 atom stereocenters. The molecule has 118 valence electrons. The molecule has 0 unspecified atom stereocenters. The maximum Gasteiger partial charge on any atom is 0.228 e. The van der Waals surface area contributed by atoms with Gasteiger partial charge >= 0.3 is 0 Å². The summed E-state index contributed by atoms with van der Waals surface area (Å²) in [6.45, 7) is 4.64. The minimum absolute atomic E-state index is 0.0481. The molecule has 23 heavy (non-hydrogen) atoms. The standard InChI is InChI=1S/C19H20N2O2/c1-15-7-9-17(10-8-15)20-19(21-11-13-23-14-12-21)18(22)16-5-3-2-4-6-16/h2-10H,11-14H2,1H3. The van der Waals surface area contributed by atoms with Gasteiger partial charge in [0.15, 0.2) is 5.84 Å². The quantitative estimate of drug-likeness (QED) is 0.496. The first-order valence-electron chi connectivity index (χ1n) is 7.82. The third-order valence-corrected chi connectivity index (χ3v) is 3.82. The Kier molecular flexibility index (Phi) is 4.83. The summed E-state index contributed by atoms with van der Waals surface area (Å²) < 4.78 is 5.39. The summed E-state index contributed by atoms with van der Waals surface area (Å²) in [4.78, 5) is 19.6. The van der Waals surface area contributed by atoms with E-state index >= 15 is 0 Å². The Hall–Kier alpha value is -2.46. The Bertz CT molecular complexity index is 687. The van der Waals surface area contributed by atoms with Crippen LogP contribution in [0.1, 0.15) is 15.9 Å². The van der Waals surface area contributed by atoms with Gasteiger partial charge in [-0.15, -0.1) is 0 Å². The van der Waals surface area contributed by atoms with Crippen LogP contribution in [0.2, 0.25) is 0 Å². The number of carbonyl (C=O) groups excluding carboxylic acids is 1. The number of Topliss-reactive ketones (excluding diaryl/α,β-unsaturated/α-hetero) is 1. The first kappa shape index (κ1) is 15.4. The Labute approximate surface area is 136 Å². The van der Waals surface area contributed by atoms with E-state index in [4.69, 9.17) is 4.74 Å². The molecule has 1 fully saturated rings. The highest BCUT2D eigenvalue weighted by Gasteiger charge is 2.23. The number of amidine groups is 1. The van der Waals surface area contributed by atoms with Crippen molar-refractivity contribution < 1.29 is 9.53 Å². The molecule has 3 rings (SSSR count). The molecule has 0 radical (unpaired) electrons. The molecule has 0 bridgehead atoms. The molecule has 4 nitrogen and oxygen atoms in total. The van der Waals surface area contributed by atoms with E-state index < -0.39 is 0 Å². The number of hydrogen-bond donors (Lipinski definition) is 0. The van der Waals surface area contributed by atoms with Gasteiger partial charge in [-0.3, -0.25) is 4.79 Å². The third kappa shape index (κ3) is 3.85. The largest absolute Gasteiger partial charge is 0.378 e. The molecule has 0 spiro atoms. The average Bonchev–Trinajstić information content (AvgIpc) is 2.62. The summed E-state index contributed by atoms with van der Waals surface area (Å²) >= 11 is 0. The summed E-state index contributed by atoms with van der Waals surface area (Å²) in [7, 11) is 0. The highest BCUT2D eigenvalue weighted by Crippen LogP contribution is 2.16. The number of aliphatic imine (C=N–C) groups is 1. The van der Waals surface area contributed by atoms with E-state index in [9.17, 15) is 4.79 Å². The maximum absolute atomic E-state index is 12.9. The fourth-order valence-corrected chi connectivity index (χ4v) is 2.50. The zero-order valence-corrected chi connectivity index (χ0v) is 13.2. The smallest absolute Gasteiger partial charge is 0.228 e. The minimum atomic E-state index is -0.0481. The Morgan fingerprint density at radius 2 is 1.65 bits per heavy atom. The van der Waals surface area contributed by atoms with Gasteiger partial charge in [0.25, 0.3) is 0 Å². The number of morpholine rings is 1. The van der Waals surface area contributed by atoms with E-state index in [-0.39, 0.29) is 5.78 Å². The molecule has 1 aliphatic rings. The van der Waals surface area contributed by atoms with Crippen LogP contribution in [0.4, 0.5) is 5.69 Å². The lowest BCUT2D eigenvalue weighted by molar-refractivity contribution is 0.0659. The number of carbonyl (C=O) groups is 1. The molecular weight excluding hydrogens is 288 g/mol. The minimum Gasteiger partial charge on any atom is -0.378 e. The summed E-state index contributed by atoms with van der Waals surface area (Å²) in [6, 6.07) is 17.2. The van der Waals surface area contributed by atoms with Crippen LogP contribution < -0.4 is 0 Å². The summed E-state index contributed by atoms with van der Waals surface area (Å²) in [5.74, 6) is 0.441. The van der Waals surface area contributed by atoms with E-state index in [2.05, 4.69) is 4.99 Å². The molecule has 0 amide bonds. The van der Waals surface area contributed by atoms with Crippen molar-refractivity contribution in [3.8, 4) is 0 Å². The molecule has 4 heteroatoms. The lowest BCUT2D eigenvalue weighted by Gasteiger charge is -2.29. The van der Waals surface area contributed by atoms with Gasteiger partial charge in [0, 0.05) is 18.7 Å². The highest BCUT2D eigenvalue weighted by atomic mass is 16.5. The first-order chi connectivity index (χ1) is 11.2. The maximum atomic E-state index is 12.9. The topological polar surface area (TPSA) is 41.9 Å². The number of ether oxygens (including phenoxy) is 1. The van der Waals surface area contributed by atoms with E-state index in [0.29, 0.717) is 37.7 Å². The van der Waals surface area contributed by atoms with Crippen molar-refractivity contribution in [3.05, 3.63) is 65.7 Å². The van der Waals surface area contributed by atoms with Gasteiger partial charge in [-0.1, -0.05) is 48.0 Å². The second-order valence-electron chi connectivity index (χ2n) is 5.57. The molecule has 1 heterocycles. The zero-order chi connectivity index (χ0) is 16.1. The number of benzene rings is 2. The molecule has 0 aliphatic carbocycles. The van der Waals surface area contributed by atoms with Crippen molar-refractivity contribution in [1.29, 1.82) is 0 Å². The average molecular weight is 308 g/mol. The summed E-state index contributed by atoms with van der Waals surface area (Å²) in [6.07, 6.45) is 0. The first-order valence-corrected chi connectivity index (χ1v) is 7.82. The lowest BCUT2D eigenvalue weighted by Crippen LogP contribution is -2.44. The second-order valence-corrected chi connectivity index (χ2v) is 5.57. The van der Waals surface area contributed by atoms with Crippen molar-refractivity contribution in [2.45, 2.75) is 6.92 Å². The van der Waals surface area contributed by atoms with Crippen molar-refractivity contribution in [2.24, 2.45) is 4.99 Å². The van der Waals surface area contributed by atoms with Crippen molar-refractivity contribution in [1.82, 2.24) is 4.90 Å². The molecule has 0 N–H and O–H groups in total. The summed E-state index contributed by atoms with van der Waals surface area (Å²) in [5, 5.41) is 0. The van der Waals surface area contributed by atoms with Crippen LogP contribution in [0.5, 0.6) is 0 Å². The van der Waals surface area contributed by atoms with Crippen molar-refractivity contribution >= 4 is 17.3 Å². The van der Waals surface area contributed by atoms with Crippen LogP contribution in [0.25, 0.3) is 0 Å². The predicted octanol–water partition coefficient (Wildman–Crippen LogP) is 3.24. The Morgan fingerprint density at radius 1 is 1.00 bits per heavy atom. The zero-order valence-electron chi connectivity index (χ0n) is 13.2. The SMILES string of the molecule is Cc1ccc(N=C(C(=O)c2ccccc2)N2CCOCC2)cc1. The van der Waals surface area contributed by atoms with Crippen LogP contribution >= 0.6 is 0 Å². The van der Waals surface area contributed by atoms with Crippen molar-refractivity contribution in [2.75, 3.05) is 26.3 Å². The highest BCUT2D eigenvalue weighted by molar-refractivity contribution is 6.45. The lowest BCUT2D eigenvalue weighted by atomic mass is 10.1. The second kappa shape index (κ2) is 7.20. The van der Waals surface area contributed by atoms with Gasteiger partial charge in [0.05, 0.1) is 18.9 Å². The number of rotatable bonds is 3. The van der Waals surface area contributed by atoms with Gasteiger partial charge in [0.1, 0.15) is 0 Å². The molecule has 2 aromatic rings. The van der Waals surface area contributed by atoms with Crippen LogP contribution in [-0.4, -0.2) is 42.8 Å². The molecule has 0 aromatic heterocycles. The molecule has 2 aromatic carbocycles. The normalized spacial score (nSPS) is 15.5. The van der Waals surface area contributed by atoms with Gasteiger partial charge in [-0.05, 0) is 19.1 Å². The Balaban J connectivity index is 1.96. The molecular formula is C19H20N2O2. The van der Waals surface area contributed by atoms with Crippen LogP contribution in [0.15, 0.2) is 59.6 Å². The van der Waals surface area contributed by atoms with E-state index in [1.807, 2.05) is 66.4 Å². The van der Waals surface area contributed by atoms with Crippen LogP contribution in [0.3, 0.4) is 0 Å². The Morgan fingerprint density at radius 3 is 2.30 bits per heavy atom. The van der Waals surface area contributed by atoms with E-state index in [0.717, 1.165) is 5.69 Å². The number of hydrogen-bond acceptors (Lipinski definition) is 3. The number of ketones is 1. The van der Waals surface area contributed by atoms with Gasteiger partial charge < -0.3 is 9.64 Å². The van der Waals surface area contributed by atoms with Crippen LogP contribution in [0, 0.1) is 6.92 Å². The van der Waals surface area contributed by atoms with Gasteiger partial charge in [-0.2, -0.15) is 0 Å². The fourth-order valence-electron chi connectivity index (χ4n) is 2.50. The van der Waals surface area contributed by atoms with E-state index in [1.54, 1.807) is 0 Å². The van der Waals surface area contributed by atoms with Gasteiger partial charge in [0.2, 0.25) is 5.78 Å². The third-order valence-electron chi connectivity index (χ3n) is 3.82. The van der Waals surface area contributed by atoms with E-state index in [1.165, 1.54) is 5.56 Å². The fraction of sp³-hybridized carbons (Fsp3) is 0.263. The molecule has 0 saturated carbocycles. The van der Waals surface area contributed by atoms with Gasteiger partial charge in [-0.25, -0.2) is 4.99 Å².